The minimum Gasteiger partial charge on any atom is -0.478 e. The number of carbonyl (C=O) groups excluding carboxylic acids is 1. The molecule has 0 saturated heterocycles. The molecule has 0 radical (unpaired) electrons. The summed E-state index contributed by atoms with van der Waals surface area (Å²) in [7, 11) is 0. The number of hydrogen-bond acceptors (Lipinski definition) is 4. The third-order valence-corrected chi connectivity index (χ3v) is 3.66. The summed E-state index contributed by atoms with van der Waals surface area (Å²) in [5.74, 6) is -1.41. The van der Waals surface area contributed by atoms with Gasteiger partial charge in [0.25, 0.3) is 0 Å². The monoisotopic (exact) mass is 406 g/mol. The Labute approximate surface area is 137 Å². The lowest BCUT2D eigenvalue weighted by atomic mass is 10.1. The Kier molecular flexibility index (Phi) is 6.15. The van der Waals surface area contributed by atoms with E-state index in [1.165, 1.54) is 0 Å². The van der Waals surface area contributed by atoms with E-state index in [1.807, 2.05) is 6.07 Å². The fraction of sp³-hybridized carbons (Fsp3) is 0.467. The maximum Gasteiger partial charge on any atom is 0.336 e. The molecule has 116 valence electrons. The number of aromatic carboxylic acids is 1. The third kappa shape index (κ3) is 6.01. The van der Waals surface area contributed by atoms with Crippen LogP contribution in [-0.2, 0) is 20.9 Å². The SMILES string of the molecule is Cc1c(I)cc(COCC(=O)OC(C)(C)C)cc1C(=O)O. The molecule has 0 bridgehead atoms. The number of esters is 1. The third-order valence-electron chi connectivity index (χ3n) is 2.54. The molecule has 1 rings (SSSR count). The van der Waals surface area contributed by atoms with Gasteiger partial charge in [-0.15, -0.1) is 0 Å². The number of rotatable bonds is 5. The van der Waals surface area contributed by atoms with Gasteiger partial charge in [0.2, 0.25) is 0 Å². The molecule has 6 heteroatoms. The molecule has 0 atom stereocenters. The minimum absolute atomic E-state index is 0.163. The van der Waals surface area contributed by atoms with E-state index in [0.29, 0.717) is 5.56 Å². The first-order valence-corrected chi connectivity index (χ1v) is 7.50. The highest BCUT2D eigenvalue weighted by Gasteiger charge is 2.16. The molecule has 21 heavy (non-hydrogen) atoms. The lowest BCUT2D eigenvalue weighted by molar-refractivity contribution is -0.160. The molecule has 0 aromatic heterocycles. The van der Waals surface area contributed by atoms with Gasteiger partial charge in [-0.1, -0.05) is 0 Å². The highest BCUT2D eigenvalue weighted by Crippen LogP contribution is 2.19. The Morgan fingerprint density at radius 3 is 2.43 bits per heavy atom. The second-order valence-electron chi connectivity index (χ2n) is 5.63. The zero-order chi connectivity index (χ0) is 16.2. The van der Waals surface area contributed by atoms with Crippen LogP contribution in [0.3, 0.4) is 0 Å². The fourth-order valence-corrected chi connectivity index (χ4v) is 2.35. The molecule has 0 spiro atoms. The predicted octanol–water partition coefficient (Wildman–Crippen LogP) is 3.16. The van der Waals surface area contributed by atoms with E-state index in [-0.39, 0.29) is 18.8 Å². The summed E-state index contributed by atoms with van der Waals surface area (Å²) in [4.78, 5) is 22.6. The van der Waals surface area contributed by atoms with E-state index < -0.39 is 17.5 Å². The molecule has 0 aliphatic heterocycles. The molecule has 1 aromatic carbocycles. The van der Waals surface area contributed by atoms with Crippen LogP contribution >= 0.6 is 22.6 Å². The van der Waals surface area contributed by atoms with Crippen LogP contribution in [0.1, 0.15) is 42.3 Å². The zero-order valence-electron chi connectivity index (χ0n) is 12.5. The van der Waals surface area contributed by atoms with E-state index >= 15 is 0 Å². The Morgan fingerprint density at radius 1 is 1.29 bits per heavy atom. The quantitative estimate of drug-likeness (QED) is 0.601. The number of carboxylic acid groups (broad SMARTS) is 1. The first-order valence-electron chi connectivity index (χ1n) is 6.42. The Bertz CT molecular complexity index is 546. The fourth-order valence-electron chi connectivity index (χ4n) is 1.66. The highest BCUT2D eigenvalue weighted by molar-refractivity contribution is 14.1. The van der Waals surface area contributed by atoms with Gasteiger partial charge in [-0.3, -0.25) is 0 Å². The summed E-state index contributed by atoms with van der Waals surface area (Å²) < 4.78 is 11.3. The first-order chi connectivity index (χ1) is 9.60. The van der Waals surface area contributed by atoms with E-state index in [4.69, 9.17) is 14.6 Å². The summed E-state index contributed by atoms with van der Waals surface area (Å²) in [6, 6.07) is 3.41. The molecule has 5 nitrogen and oxygen atoms in total. The van der Waals surface area contributed by atoms with E-state index in [9.17, 15) is 9.59 Å². The van der Waals surface area contributed by atoms with Crippen molar-refractivity contribution in [1.29, 1.82) is 0 Å². The van der Waals surface area contributed by atoms with Crippen LogP contribution in [0.15, 0.2) is 12.1 Å². The van der Waals surface area contributed by atoms with Crippen LogP contribution in [0.4, 0.5) is 0 Å². The van der Waals surface area contributed by atoms with Crippen molar-refractivity contribution in [3.05, 3.63) is 32.4 Å². The van der Waals surface area contributed by atoms with Crippen LogP contribution in [-0.4, -0.2) is 29.3 Å². The molecule has 0 aliphatic rings. The van der Waals surface area contributed by atoms with Crippen molar-refractivity contribution >= 4 is 34.5 Å². The molecule has 0 unspecified atom stereocenters. The molecule has 0 aliphatic carbocycles. The molecule has 0 saturated carbocycles. The van der Waals surface area contributed by atoms with Crippen molar-refractivity contribution in [2.24, 2.45) is 0 Å². The van der Waals surface area contributed by atoms with Crippen LogP contribution < -0.4 is 0 Å². The summed E-state index contributed by atoms with van der Waals surface area (Å²) in [5, 5.41) is 9.14. The number of carbonyl (C=O) groups is 2. The molecular formula is C15H19IO5. The van der Waals surface area contributed by atoms with Crippen molar-refractivity contribution < 1.29 is 24.2 Å². The lowest BCUT2D eigenvalue weighted by Gasteiger charge is -2.19. The molecule has 0 heterocycles. The average molecular weight is 406 g/mol. The summed E-state index contributed by atoms with van der Waals surface area (Å²) in [6.45, 7) is 7.11. The predicted molar refractivity (Wildman–Crippen MR) is 86.4 cm³/mol. The Balaban J connectivity index is 2.65. The molecule has 0 fully saturated rings. The van der Waals surface area contributed by atoms with Gasteiger partial charge in [-0.25, -0.2) is 9.59 Å². The van der Waals surface area contributed by atoms with Gasteiger partial charge in [0.1, 0.15) is 12.2 Å². The van der Waals surface area contributed by atoms with Crippen LogP contribution in [0.2, 0.25) is 0 Å². The van der Waals surface area contributed by atoms with E-state index in [1.54, 1.807) is 33.8 Å². The van der Waals surface area contributed by atoms with Crippen LogP contribution in [0, 0.1) is 10.5 Å². The zero-order valence-corrected chi connectivity index (χ0v) is 14.7. The smallest absolute Gasteiger partial charge is 0.336 e. The van der Waals surface area contributed by atoms with Gasteiger partial charge in [-0.05, 0) is 73.5 Å². The lowest BCUT2D eigenvalue weighted by Crippen LogP contribution is -2.26. The van der Waals surface area contributed by atoms with Crippen molar-refractivity contribution in [3.8, 4) is 0 Å². The van der Waals surface area contributed by atoms with E-state index in [0.717, 1.165) is 9.13 Å². The summed E-state index contributed by atoms with van der Waals surface area (Å²) in [5.41, 5.74) is 1.14. The second kappa shape index (κ2) is 7.22. The van der Waals surface area contributed by atoms with Gasteiger partial charge >= 0.3 is 11.9 Å². The Morgan fingerprint density at radius 2 is 1.90 bits per heavy atom. The minimum atomic E-state index is -0.973. The highest BCUT2D eigenvalue weighted by atomic mass is 127. The van der Waals surface area contributed by atoms with Gasteiger partial charge in [0.05, 0.1) is 12.2 Å². The number of halogens is 1. The van der Waals surface area contributed by atoms with Gasteiger partial charge < -0.3 is 14.6 Å². The Hall–Kier alpha value is -1.15. The largest absolute Gasteiger partial charge is 0.478 e. The standard InChI is InChI=1S/C15H19IO5/c1-9-11(14(18)19)5-10(6-12(9)16)7-20-8-13(17)21-15(2,3)4/h5-6H,7-8H2,1-4H3,(H,18,19). The van der Waals surface area contributed by atoms with Crippen molar-refractivity contribution in [2.75, 3.05) is 6.61 Å². The molecule has 1 N–H and O–H groups in total. The number of carboxylic acids is 1. The summed E-state index contributed by atoms with van der Waals surface area (Å²) >= 11 is 2.08. The number of benzene rings is 1. The first kappa shape index (κ1) is 17.9. The second-order valence-corrected chi connectivity index (χ2v) is 6.80. The average Bonchev–Trinajstić information content (AvgIpc) is 2.30. The van der Waals surface area contributed by atoms with Crippen molar-refractivity contribution in [3.63, 3.8) is 0 Å². The number of hydrogen-bond donors (Lipinski definition) is 1. The van der Waals surface area contributed by atoms with Crippen LogP contribution in [0.25, 0.3) is 0 Å². The molecule has 0 amide bonds. The van der Waals surface area contributed by atoms with Gasteiger partial charge in [0, 0.05) is 3.57 Å². The van der Waals surface area contributed by atoms with Crippen LogP contribution in [0.5, 0.6) is 0 Å². The normalized spacial score (nSPS) is 11.3. The van der Waals surface area contributed by atoms with Gasteiger partial charge in [0.15, 0.2) is 0 Å². The maximum absolute atomic E-state index is 11.5. The van der Waals surface area contributed by atoms with Crippen molar-refractivity contribution in [2.45, 2.75) is 39.9 Å². The van der Waals surface area contributed by atoms with Gasteiger partial charge in [-0.2, -0.15) is 0 Å². The summed E-state index contributed by atoms with van der Waals surface area (Å²) in [6.07, 6.45) is 0. The van der Waals surface area contributed by atoms with Crippen molar-refractivity contribution in [1.82, 2.24) is 0 Å². The topological polar surface area (TPSA) is 72.8 Å². The molecule has 1 aromatic rings. The molecular weight excluding hydrogens is 387 g/mol. The van der Waals surface area contributed by atoms with E-state index in [2.05, 4.69) is 22.6 Å². The number of ether oxygens (including phenoxy) is 2. The maximum atomic E-state index is 11.5.